The molecule has 0 saturated heterocycles. The van der Waals surface area contributed by atoms with Gasteiger partial charge in [0.2, 0.25) is 0 Å². The fraction of sp³-hybridized carbons (Fsp3) is 0.463. The summed E-state index contributed by atoms with van der Waals surface area (Å²) in [4.78, 5) is 49.4. The van der Waals surface area contributed by atoms with Gasteiger partial charge in [0, 0.05) is 42.9 Å². The molecule has 13 heteroatoms. The molecule has 2 atom stereocenters. The first-order valence-corrected chi connectivity index (χ1v) is 18.0. The molecule has 0 aromatic heterocycles. The number of carbonyl (C=O) groups excluding carboxylic acids is 3. The third-order valence-electron chi connectivity index (χ3n) is 8.10. The Kier molecular flexibility index (Phi) is 16.0. The second kappa shape index (κ2) is 19.9. The van der Waals surface area contributed by atoms with E-state index in [-0.39, 0.29) is 48.0 Å². The maximum atomic E-state index is 14.4. The summed E-state index contributed by atoms with van der Waals surface area (Å²) in [6, 6.07) is 13.4. The number of aliphatic hydroxyl groups excluding tert-OH is 1. The lowest BCUT2D eigenvalue weighted by atomic mass is 9.98. The summed E-state index contributed by atoms with van der Waals surface area (Å²) < 4.78 is 39.7. The van der Waals surface area contributed by atoms with Crippen molar-refractivity contribution in [1.82, 2.24) is 15.1 Å². The maximum Gasteiger partial charge on any atom is 0.410 e. The summed E-state index contributed by atoms with van der Waals surface area (Å²) in [6.07, 6.45) is -1.69. The van der Waals surface area contributed by atoms with Crippen molar-refractivity contribution in [2.45, 2.75) is 85.6 Å². The third-order valence-corrected chi connectivity index (χ3v) is 8.10. The smallest absolute Gasteiger partial charge is 0.410 e. The lowest BCUT2D eigenvalue weighted by Crippen LogP contribution is -2.51. The fourth-order valence-corrected chi connectivity index (χ4v) is 5.48. The van der Waals surface area contributed by atoms with E-state index in [0.717, 1.165) is 24.6 Å². The van der Waals surface area contributed by atoms with Gasteiger partial charge in [-0.1, -0.05) is 38.1 Å². The number of amides is 3. The van der Waals surface area contributed by atoms with Crippen LogP contribution in [0.2, 0.25) is 0 Å². The van der Waals surface area contributed by atoms with E-state index in [9.17, 15) is 28.3 Å². The highest BCUT2D eigenvalue weighted by atomic mass is 19.1. The number of oxime groups is 1. The largest absolute Gasteiger partial charge is 0.497 e. The number of rotatable bonds is 17. The Balaban J connectivity index is 2.06. The number of halogens is 2. The van der Waals surface area contributed by atoms with Crippen molar-refractivity contribution in [2.75, 3.05) is 33.9 Å². The molecule has 0 aliphatic heterocycles. The van der Waals surface area contributed by atoms with Crippen LogP contribution in [0.1, 0.15) is 92.3 Å². The predicted octanol–water partition coefficient (Wildman–Crippen LogP) is 6.99. The van der Waals surface area contributed by atoms with Gasteiger partial charge in [0.15, 0.2) is 0 Å². The van der Waals surface area contributed by atoms with Crippen LogP contribution in [-0.2, 0) is 22.5 Å². The van der Waals surface area contributed by atoms with Crippen LogP contribution in [-0.4, -0.2) is 90.1 Å². The zero-order valence-corrected chi connectivity index (χ0v) is 32.7. The molecule has 3 amide bonds. The minimum absolute atomic E-state index is 0.00865. The summed E-state index contributed by atoms with van der Waals surface area (Å²) >= 11 is 0. The van der Waals surface area contributed by atoms with Gasteiger partial charge < -0.3 is 34.5 Å². The molecular formula is C41H54F2N4O7. The number of carbonyl (C=O) groups is 3. The van der Waals surface area contributed by atoms with Crippen LogP contribution in [0.15, 0.2) is 65.8 Å². The maximum absolute atomic E-state index is 14.4. The van der Waals surface area contributed by atoms with Crippen molar-refractivity contribution in [1.29, 1.82) is 0 Å². The summed E-state index contributed by atoms with van der Waals surface area (Å²) in [5, 5.41) is 18.8. The Morgan fingerprint density at radius 3 is 2.20 bits per heavy atom. The van der Waals surface area contributed by atoms with E-state index in [1.165, 1.54) is 18.1 Å². The highest BCUT2D eigenvalue weighted by Gasteiger charge is 2.30. The highest BCUT2D eigenvalue weighted by Crippen LogP contribution is 2.20. The molecule has 0 heterocycles. The van der Waals surface area contributed by atoms with Crippen LogP contribution in [0.5, 0.6) is 5.75 Å². The lowest BCUT2D eigenvalue weighted by Gasteiger charge is -2.32. The van der Waals surface area contributed by atoms with E-state index in [4.69, 9.17) is 14.3 Å². The Labute approximate surface area is 317 Å². The number of hydrogen-bond acceptors (Lipinski definition) is 8. The molecule has 0 aliphatic rings. The molecular weight excluding hydrogens is 698 g/mol. The third kappa shape index (κ3) is 13.7. The van der Waals surface area contributed by atoms with Gasteiger partial charge in [-0.25, -0.2) is 13.6 Å². The second-order valence-corrected chi connectivity index (χ2v) is 14.7. The minimum atomic E-state index is -1.47. The van der Waals surface area contributed by atoms with Crippen LogP contribution in [0.3, 0.4) is 0 Å². The number of aliphatic hydroxyl groups is 1. The molecule has 2 N–H and O–H groups in total. The SMILES string of the molecule is CCCN(C)C(=O)c1cc(C(=O)N[C@@H](Cc2cc(F)cc(F)c2)[C@H](O)CN(Cc2cccc(OC)c2)C(=O)OC(C)(C)C)cc(/C(C)=N/OCC(C)C)c1. The number of nitrogens with one attached hydrogen (secondary N) is 1. The molecule has 0 aliphatic carbocycles. The Hall–Kier alpha value is -5.04. The zero-order chi connectivity index (χ0) is 40.2. The Morgan fingerprint density at radius 1 is 0.944 bits per heavy atom. The van der Waals surface area contributed by atoms with E-state index < -0.39 is 41.4 Å². The molecule has 54 heavy (non-hydrogen) atoms. The Bertz CT molecular complexity index is 1760. The minimum Gasteiger partial charge on any atom is -0.497 e. The first kappa shape index (κ1) is 43.4. The average molecular weight is 753 g/mol. The second-order valence-electron chi connectivity index (χ2n) is 14.7. The van der Waals surface area contributed by atoms with Gasteiger partial charge in [0.05, 0.1) is 31.5 Å². The van der Waals surface area contributed by atoms with Crippen molar-refractivity contribution < 1.29 is 42.6 Å². The number of ether oxygens (including phenoxy) is 2. The van der Waals surface area contributed by atoms with Gasteiger partial charge in [-0.15, -0.1) is 0 Å². The quantitative estimate of drug-likeness (QED) is 0.112. The van der Waals surface area contributed by atoms with Gasteiger partial charge in [-0.05, 0) is 100 Å². The predicted molar refractivity (Wildman–Crippen MR) is 204 cm³/mol. The summed E-state index contributed by atoms with van der Waals surface area (Å²) in [7, 11) is 3.18. The van der Waals surface area contributed by atoms with Gasteiger partial charge in [-0.3, -0.25) is 9.59 Å². The van der Waals surface area contributed by atoms with Crippen LogP contribution in [0.25, 0.3) is 0 Å². The molecule has 294 valence electrons. The normalized spacial score (nSPS) is 12.9. The molecule has 11 nitrogen and oxygen atoms in total. The van der Waals surface area contributed by atoms with Crippen LogP contribution in [0.4, 0.5) is 13.6 Å². The standard InChI is InChI=1S/C41H54F2N4O7/c1-10-14-46(8)39(50)32-20-30(27(4)45-53-25-26(2)3)19-31(21-32)38(49)44-36(18-29-15-33(42)22-34(43)16-29)37(48)24-47(40(51)54-41(5,6)7)23-28-12-11-13-35(17-28)52-9/h11-13,15-17,19-22,26,36-37,48H,10,14,18,23-25H2,1-9H3,(H,44,49)/b45-27+/t36-,37+/m0/s1. The molecule has 0 unspecified atom stereocenters. The lowest BCUT2D eigenvalue weighted by molar-refractivity contribution is 0.00836. The monoisotopic (exact) mass is 752 g/mol. The molecule has 0 spiro atoms. The highest BCUT2D eigenvalue weighted by molar-refractivity contribution is 6.06. The number of hydrogen-bond donors (Lipinski definition) is 2. The molecule has 3 rings (SSSR count). The van der Waals surface area contributed by atoms with E-state index in [0.29, 0.717) is 35.7 Å². The van der Waals surface area contributed by atoms with E-state index in [1.807, 2.05) is 20.8 Å². The summed E-state index contributed by atoms with van der Waals surface area (Å²) in [5.41, 5.74) is 1.15. The van der Waals surface area contributed by atoms with Crippen LogP contribution >= 0.6 is 0 Å². The average Bonchev–Trinajstić information content (AvgIpc) is 3.09. The van der Waals surface area contributed by atoms with Gasteiger partial charge in [0.25, 0.3) is 11.8 Å². The van der Waals surface area contributed by atoms with Crippen LogP contribution < -0.4 is 10.1 Å². The van der Waals surface area contributed by atoms with Crippen LogP contribution in [0, 0.1) is 17.6 Å². The van der Waals surface area contributed by atoms with Crippen molar-refractivity contribution in [3.63, 3.8) is 0 Å². The van der Waals surface area contributed by atoms with Crippen molar-refractivity contribution in [3.05, 3.63) is 100 Å². The van der Waals surface area contributed by atoms with Gasteiger partial charge >= 0.3 is 6.09 Å². The van der Waals surface area contributed by atoms with E-state index >= 15 is 0 Å². The number of methoxy groups -OCH3 is 1. The summed E-state index contributed by atoms with van der Waals surface area (Å²) in [5.74, 6) is -1.89. The first-order chi connectivity index (χ1) is 25.4. The van der Waals surface area contributed by atoms with Gasteiger partial charge in [0.1, 0.15) is 29.6 Å². The fourth-order valence-electron chi connectivity index (χ4n) is 5.48. The molecule has 0 saturated carbocycles. The molecule has 0 radical (unpaired) electrons. The number of benzene rings is 3. The van der Waals surface area contributed by atoms with Crippen molar-refractivity contribution in [3.8, 4) is 5.75 Å². The zero-order valence-electron chi connectivity index (χ0n) is 32.7. The van der Waals surface area contributed by atoms with E-state index in [2.05, 4.69) is 10.5 Å². The van der Waals surface area contributed by atoms with Gasteiger partial charge in [-0.2, -0.15) is 0 Å². The topological polar surface area (TPSA) is 130 Å². The van der Waals surface area contributed by atoms with E-state index in [1.54, 1.807) is 76.0 Å². The Morgan fingerprint density at radius 2 is 1.59 bits per heavy atom. The van der Waals surface area contributed by atoms with Crippen molar-refractivity contribution in [2.24, 2.45) is 11.1 Å². The molecule has 0 bridgehead atoms. The molecule has 3 aromatic rings. The first-order valence-electron chi connectivity index (χ1n) is 18.0. The van der Waals surface area contributed by atoms with Crippen molar-refractivity contribution >= 4 is 23.6 Å². The summed E-state index contributed by atoms with van der Waals surface area (Å²) in [6.45, 7) is 13.2. The molecule has 3 aromatic carbocycles. The molecule has 0 fully saturated rings. The number of nitrogens with zero attached hydrogens (tertiary/aromatic N) is 3.